The Morgan fingerprint density at radius 2 is 1.64 bits per heavy atom. The van der Waals surface area contributed by atoms with Crippen LogP contribution in [-0.2, 0) is 0 Å². The number of thiocarbonyl (C=S) groups is 1. The quantitative estimate of drug-likeness (QED) is 0.321. The molecule has 1 aliphatic rings. The number of benzene rings is 3. The summed E-state index contributed by atoms with van der Waals surface area (Å²) in [5, 5.41) is 4.06. The summed E-state index contributed by atoms with van der Waals surface area (Å²) in [6, 6.07) is 24.9. The Labute approximate surface area is 200 Å². The molecule has 0 aromatic heterocycles. The zero-order valence-electron chi connectivity index (χ0n) is 19.2. The molecule has 0 radical (unpaired) electrons. The smallest absolute Gasteiger partial charge is 0.193 e. The molecule has 3 aromatic rings. The molecule has 1 N–H and O–H groups in total. The van der Waals surface area contributed by atoms with Gasteiger partial charge in [0.05, 0.1) is 6.04 Å². The van der Waals surface area contributed by atoms with Crippen LogP contribution in [0.1, 0.15) is 47.8 Å². The van der Waals surface area contributed by atoms with Gasteiger partial charge in [0.15, 0.2) is 10.9 Å². The minimum atomic E-state index is -0.328. The van der Waals surface area contributed by atoms with Gasteiger partial charge in [-0.3, -0.25) is 4.79 Å². The summed E-state index contributed by atoms with van der Waals surface area (Å²) in [4.78, 5) is 15.6. The predicted molar refractivity (Wildman–Crippen MR) is 137 cm³/mol. The van der Waals surface area contributed by atoms with E-state index < -0.39 is 0 Å². The highest BCUT2D eigenvalue weighted by Gasteiger charge is 2.33. The van der Waals surface area contributed by atoms with Crippen molar-refractivity contribution >= 4 is 23.1 Å². The van der Waals surface area contributed by atoms with Crippen molar-refractivity contribution in [2.45, 2.75) is 33.2 Å². The van der Waals surface area contributed by atoms with Crippen LogP contribution in [0.4, 0.5) is 0 Å². The standard InChI is InChI=1S/C28H28N2O2S/c1-4-18-30-20(3)25(27(31)22-11-6-5-7-12-22)26(29-28(30)33)21-14-16-23(17-15-21)32-24-13-9-8-10-19(24)2/h5-17,26H,4,18H2,1-3H3,(H,29,33). The lowest BCUT2D eigenvalue weighted by atomic mass is 9.89. The van der Waals surface area contributed by atoms with Gasteiger partial charge in [0.1, 0.15) is 11.5 Å². The van der Waals surface area contributed by atoms with Gasteiger partial charge >= 0.3 is 0 Å². The molecule has 168 valence electrons. The maximum absolute atomic E-state index is 13.6. The largest absolute Gasteiger partial charge is 0.457 e. The van der Waals surface area contributed by atoms with Gasteiger partial charge in [-0.1, -0.05) is 67.6 Å². The van der Waals surface area contributed by atoms with Crippen LogP contribution in [0.3, 0.4) is 0 Å². The second-order valence-corrected chi connectivity index (χ2v) is 8.55. The molecule has 1 heterocycles. The van der Waals surface area contributed by atoms with Crippen molar-refractivity contribution < 1.29 is 9.53 Å². The highest BCUT2D eigenvalue weighted by atomic mass is 32.1. The van der Waals surface area contributed by atoms with E-state index >= 15 is 0 Å². The molecule has 0 aliphatic carbocycles. The lowest BCUT2D eigenvalue weighted by Gasteiger charge is -2.38. The molecule has 1 unspecified atom stereocenters. The fourth-order valence-electron chi connectivity index (χ4n) is 4.09. The zero-order chi connectivity index (χ0) is 23.4. The lowest BCUT2D eigenvalue weighted by Crippen LogP contribution is -2.47. The van der Waals surface area contributed by atoms with Crippen molar-refractivity contribution in [3.05, 3.63) is 107 Å². The molecular formula is C28H28N2O2S. The van der Waals surface area contributed by atoms with E-state index in [1.54, 1.807) is 0 Å². The highest BCUT2D eigenvalue weighted by molar-refractivity contribution is 7.80. The molecule has 4 rings (SSSR count). The van der Waals surface area contributed by atoms with Crippen molar-refractivity contribution in [2.75, 3.05) is 6.54 Å². The number of ether oxygens (including phenoxy) is 1. The van der Waals surface area contributed by atoms with Crippen LogP contribution in [0.15, 0.2) is 90.1 Å². The number of para-hydroxylation sites is 1. The molecule has 1 atom stereocenters. The maximum atomic E-state index is 13.6. The molecule has 0 spiro atoms. The summed E-state index contributed by atoms with van der Waals surface area (Å²) in [5.74, 6) is 1.58. The predicted octanol–water partition coefficient (Wildman–Crippen LogP) is 6.59. The number of nitrogens with one attached hydrogen (secondary N) is 1. The second-order valence-electron chi connectivity index (χ2n) is 8.16. The fourth-order valence-corrected chi connectivity index (χ4v) is 4.44. The third-order valence-electron chi connectivity index (χ3n) is 5.86. The van der Waals surface area contributed by atoms with Gasteiger partial charge in [0.25, 0.3) is 0 Å². The molecule has 0 amide bonds. The molecule has 0 fully saturated rings. The van der Waals surface area contributed by atoms with Gasteiger partial charge in [-0.2, -0.15) is 0 Å². The van der Waals surface area contributed by atoms with Crippen LogP contribution in [0.5, 0.6) is 11.5 Å². The number of hydrogen-bond donors (Lipinski definition) is 1. The van der Waals surface area contributed by atoms with Crippen LogP contribution in [0.2, 0.25) is 0 Å². The molecule has 1 aliphatic heterocycles. The number of carbonyl (C=O) groups excluding carboxylic acids is 1. The van der Waals surface area contributed by atoms with Crippen molar-refractivity contribution in [3.8, 4) is 11.5 Å². The highest BCUT2D eigenvalue weighted by Crippen LogP contribution is 2.34. The first-order valence-electron chi connectivity index (χ1n) is 11.2. The van der Waals surface area contributed by atoms with E-state index in [2.05, 4.69) is 12.2 Å². The van der Waals surface area contributed by atoms with E-state index in [1.807, 2.05) is 97.6 Å². The third kappa shape index (κ3) is 4.83. The number of hydrogen-bond acceptors (Lipinski definition) is 3. The minimum absolute atomic E-state index is 0.00874. The van der Waals surface area contributed by atoms with Crippen LogP contribution in [0, 0.1) is 6.92 Å². The minimum Gasteiger partial charge on any atom is -0.457 e. The van der Waals surface area contributed by atoms with Gasteiger partial charge in [-0.25, -0.2) is 0 Å². The number of aryl methyl sites for hydroxylation is 1. The summed E-state index contributed by atoms with van der Waals surface area (Å²) in [6.45, 7) is 6.88. The van der Waals surface area contributed by atoms with Crippen molar-refractivity contribution in [1.82, 2.24) is 10.2 Å². The van der Waals surface area contributed by atoms with Gasteiger partial charge in [-0.05, 0) is 61.8 Å². The first-order chi connectivity index (χ1) is 16.0. The zero-order valence-corrected chi connectivity index (χ0v) is 20.0. The molecule has 3 aromatic carbocycles. The summed E-state index contributed by atoms with van der Waals surface area (Å²) in [7, 11) is 0. The number of Topliss-reactive ketones (excluding diaryl/α,β-unsaturated/α-hetero) is 1. The average Bonchev–Trinajstić information content (AvgIpc) is 2.83. The van der Waals surface area contributed by atoms with Crippen LogP contribution >= 0.6 is 12.2 Å². The molecular weight excluding hydrogens is 428 g/mol. The number of allylic oxidation sites excluding steroid dienone is 1. The number of carbonyl (C=O) groups is 1. The lowest BCUT2D eigenvalue weighted by molar-refractivity contribution is 0.102. The SMILES string of the molecule is CCCN1C(=S)NC(c2ccc(Oc3ccccc3C)cc2)C(C(=O)c2ccccc2)=C1C. The number of rotatable bonds is 7. The van der Waals surface area contributed by atoms with Crippen LogP contribution in [-0.4, -0.2) is 22.3 Å². The fraction of sp³-hybridized carbons (Fsp3) is 0.214. The normalized spacial score (nSPS) is 15.9. The average molecular weight is 457 g/mol. The van der Waals surface area contributed by atoms with E-state index in [0.717, 1.165) is 46.9 Å². The van der Waals surface area contributed by atoms with E-state index in [1.165, 1.54) is 0 Å². The molecule has 0 saturated carbocycles. The van der Waals surface area contributed by atoms with Crippen molar-refractivity contribution in [3.63, 3.8) is 0 Å². The summed E-state index contributed by atoms with van der Waals surface area (Å²) < 4.78 is 6.05. The van der Waals surface area contributed by atoms with Crippen LogP contribution < -0.4 is 10.1 Å². The van der Waals surface area contributed by atoms with E-state index in [-0.39, 0.29) is 11.8 Å². The van der Waals surface area contributed by atoms with E-state index in [9.17, 15) is 4.79 Å². The molecule has 4 nitrogen and oxygen atoms in total. The molecule has 0 saturated heterocycles. The van der Waals surface area contributed by atoms with Crippen molar-refractivity contribution in [1.29, 1.82) is 0 Å². The van der Waals surface area contributed by atoms with E-state index in [4.69, 9.17) is 17.0 Å². The Hall–Kier alpha value is -3.44. The first kappa shape index (κ1) is 22.7. The Kier molecular flexibility index (Phi) is 6.90. The van der Waals surface area contributed by atoms with Crippen molar-refractivity contribution in [2.24, 2.45) is 0 Å². The third-order valence-corrected chi connectivity index (χ3v) is 6.20. The summed E-state index contributed by atoms with van der Waals surface area (Å²) in [6.07, 6.45) is 0.932. The van der Waals surface area contributed by atoms with Gasteiger partial charge in [0, 0.05) is 23.4 Å². The summed E-state index contributed by atoms with van der Waals surface area (Å²) >= 11 is 5.67. The molecule has 33 heavy (non-hydrogen) atoms. The number of nitrogens with zero attached hydrogens (tertiary/aromatic N) is 1. The Morgan fingerprint density at radius 3 is 2.30 bits per heavy atom. The Morgan fingerprint density at radius 1 is 0.970 bits per heavy atom. The molecule has 5 heteroatoms. The van der Waals surface area contributed by atoms with Gasteiger partial charge in [-0.15, -0.1) is 0 Å². The summed E-state index contributed by atoms with van der Waals surface area (Å²) in [5.41, 5.74) is 4.33. The number of ketones is 1. The maximum Gasteiger partial charge on any atom is 0.193 e. The van der Waals surface area contributed by atoms with Gasteiger partial charge in [0.2, 0.25) is 0 Å². The van der Waals surface area contributed by atoms with Gasteiger partial charge < -0.3 is 15.0 Å². The topological polar surface area (TPSA) is 41.6 Å². The monoisotopic (exact) mass is 456 g/mol. The van der Waals surface area contributed by atoms with E-state index in [0.29, 0.717) is 10.7 Å². The second kappa shape index (κ2) is 10.0. The van der Waals surface area contributed by atoms with Crippen LogP contribution in [0.25, 0.3) is 0 Å². The Balaban J connectivity index is 1.69. The Bertz CT molecular complexity index is 1190. The first-order valence-corrected chi connectivity index (χ1v) is 11.6. The molecule has 0 bridgehead atoms.